The second kappa shape index (κ2) is 7.61. The maximum atomic E-state index is 12.8. The number of sulfonamides is 1. The third-order valence-corrected chi connectivity index (χ3v) is 7.22. The Morgan fingerprint density at radius 3 is 2.26 bits per heavy atom. The quantitative estimate of drug-likeness (QED) is 0.810. The molecule has 10 heteroatoms. The van der Waals surface area contributed by atoms with Gasteiger partial charge in [-0.15, -0.1) is 11.3 Å². The van der Waals surface area contributed by atoms with Crippen molar-refractivity contribution in [3.63, 3.8) is 0 Å². The molecule has 3 rings (SSSR count). The number of nitrogens with one attached hydrogen (secondary N) is 1. The number of amides is 1. The molecule has 0 saturated carbocycles. The van der Waals surface area contributed by atoms with Gasteiger partial charge in [0.25, 0.3) is 5.91 Å². The van der Waals surface area contributed by atoms with Crippen LogP contribution in [0.5, 0.6) is 0 Å². The first-order chi connectivity index (χ1) is 12.7. The van der Waals surface area contributed by atoms with Gasteiger partial charge in [0.1, 0.15) is 9.77 Å². The molecule has 1 fully saturated rings. The molecule has 0 atom stereocenters. The second-order valence-electron chi connectivity index (χ2n) is 6.11. The zero-order valence-electron chi connectivity index (χ0n) is 14.1. The highest BCUT2D eigenvalue weighted by atomic mass is 32.2. The number of benzene rings is 1. The highest BCUT2D eigenvalue weighted by Crippen LogP contribution is 2.31. The molecule has 0 radical (unpaired) electrons. The Balaban J connectivity index is 1.80. The average molecular weight is 418 g/mol. The fraction of sp³-hybridized carbons (Fsp3) is 0.353. The van der Waals surface area contributed by atoms with Gasteiger partial charge in [-0.3, -0.25) is 4.79 Å². The lowest BCUT2D eigenvalue weighted by Crippen LogP contribution is -2.36. The molecule has 0 spiro atoms. The first-order valence-electron chi connectivity index (χ1n) is 8.26. The molecule has 0 unspecified atom stereocenters. The predicted octanol–water partition coefficient (Wildman–Crippen LogP) is 4.19. The molecule has 1 aromatic carbocycles. The van der Waals surface area contributed by atoms with Crippen molar-refractivity contribution in [1.29, 1.82) is 0 Å². The van der Waals surface area contributed by atoms with Gasteiger partial charge >= 0.3 is 6.18 Å². The summed E-state index contributed by atoms with van der Waals surface area (Å²) in [6.07, 6.45) is -1.95. The SMILES string of the molecule is O=C(Nc1ccc(C(F)(F)F)cc1)c1sccc1S(=O)(=O)N1CCCCC1. The van der Waals surface area contributed by atoms with Crippen molar-refractivity contribution in [2.24, 2.45) is 0 Å². The molecule has 2 heterocycles. The molecule has 0 aliphatic carbocycles. The highest BCUT2D eigenvalue weighted by Gasteiger charge is 2.32. The van der Waals surface area contributed by atoms with Crippen LogP contribution in [-0.2, 0) is 16.2 Å². The topological polar surface area (TPSA) is 66.5 Å². The molecule has 27 heavy (non-hydrogen) atoms. The number of hydrogen-bond acceptors (Lipinski definition) is 4. The number of carbonyl (C=O) groups excluding carboxylic acids is 1. The summed E-state index contributed by atoms with van der Waals surface area (Å²) in [7, 11) is -3.78. The van der Waals surface area contributed by atoms with E-state index >= 15 is 0 Å². The van der Waals surface area contributed by atoms with Gasteiger partial charge in [0, 0.05) is 18.8 Å². The zero-order chi connectivity index (χ0) is 19.7. The van der Waals surface area contributed by atoms with Crippen LogP contribution in [0.2, 0.25) is 0 Å². The van der Waals surface area contributed by atoms with Gasteiger partial charge in [-0.1, -0.05) is 6.42 Å². The van der Waals surface area contributed by atoms with Gasteiger partial charge in [0.2, 0.25) is 10.0 Å². The molecule has 1 aromatic heterocycles. The number of anilines is 1. The Kier molecular flexibility index (Phi) is 5.59. The van der Waals surface area contributed by atoms with Crippen LogP contribution >= 0.6 is 11.3 Å². The molecule has 146 valence electrons. The van der Waals surface area contributed by atoms with Gasteiger partial charge in [-0.25, -0.2) is 8.42 Å². The molecule has 1 amide bonds. The summed E-state index contributed by atoms with van der Waals surface area (Å²) in [4.78, 5) is 12.4. The van der Waals surface area contributed by atoms with Gasteiger partial charge in [-0.2, -0.15) is 17.5 Å². The van der Waals surface area contributed by atoms with Gasteiger partial charge < -0.3 is 5.32 Å². The van der Waals surface area contributed by atoms with Crippen molar-refractivity contribution in [1.82, 2.24) is 4.31 Å². The predicted molar refractivity (Wildman–Crippen MR) is 96.3 cm³/mol. The molecule has 0 bridgehead atoms. The van der Waals surface area contributed by atoms with E-state index in [4.69, 9.17) is 0 Å². The summed E-state index contributed by atoms with van der Waals surface area (Å²) in [5, 5.41) is 3.97. The van der Waals surface area contributed by atoms with Crippen LogP contribution < -0.4 is 5.32 Å². The van der Waals surface area contributed by atoms with Crippen molar-refractivity contribution < 1.29 is 26.4 Å². The van der Waals surface area contributed by atoms with Crippen molar-refractivity contribution in [3.05, 3.63) is 46.2 Å². The van der Waals surface area contributed by atoms with Crippen LogP contribution in [0.3, 0.4) is 0 Å². The molecular weight excluding hydrogens is 401 g/mol. The Hall–Kier alpha value is -1.91. The third kappa shape index (κ3) is 4.33. The number of halogens is 3. The van der Waals surface area contributed by atoms with E-state index in [1.165, 1.54) is 15.8 Å². The van der Waals surface area contributed by atoms with Crippen LogP contribution in [0.15, 0.2) is 40.6 Å². The maximum absolute atomic E-state index is 12.8. The number of carbonyl (C=O) groups is 1. The number of alkyl halides is 3. The normalized spacial score (nSPS) is 16.3. The largest absolute Gasteiger partial charge is 0.416 e. The molecule has 1 saturated heterocycles. The highest BCUT2D eigenvalue weighted by molar-refractivity contribution is 7.89. The van der Waals surface area contributed by atoms with Crippen LogP contribution in [0.25, 0.3) is 0 Å². The van der Waals surface area contributed by atoms with Gasteiger partial charge in [0.15, 0.2) is 0 Å². The standard InChI is InChI=1S/C17H17F3N2O3S2/c18-17(19,20)12-4-6-13(7-5-12)21-16(23)15-14(8-11-26-15)27(24,25)22-9-2-1-3-10-22/h4-8,11H,1-3,9-10H2,(H,21,23). The lowest BCUT2D eigenvalue weighted by atomic mass is 10.2. The van der Waals surface area contributed by atoms with Gasteiger partial charge in [0.05, 0.1) is 5.56 Å². The minimum atomic E-state index is -4.47. The molecule has 1 N–H and O–H groups in total. The van der Waals surface area contributed by atoms with E-state index < -0.39 is 27.7 Å². The Bertz CT molecular complexity index is 916. The summed E-state index contributed by atoms with van der Waals surface area (Å²) < 4.78 is 64.8. The third-order valence-electron chi connectivity index (χ3n) is 4.24. The lowest BCUT2D eigenvalue weighted by molar-refractivity contribution is -0.137. The van der Waals surface area contributed by atoms with E-state index in [0.717, 1.165) is 54.9 Å². The summed E-state index contributed by atoms with van der Waals surface area (Å²) in [5.74, 6) is -0.666. The minimum Gasteiger partial charge on any atom is -0.321 e. The van der Waals surface area contributed by atoms with E-state index in [9.17, 15) is 26.4 Å². The van der Waals surface area contributed by atoms with Gasteiger partial charge in [-0.05, 0) is 48.6 Å². The van der Waals surface area contributed by atoms with E-state index in [0.29, 0.717) is 13.1 Å². The zero-order valence-corrected chi connectivity index (χ0v) is 15.8. The van der Waals surface area contributed by atoms with Crippen molar-refractivity contribution in [2.45, 2.75) is 30.3 Å². The fourth-order valence-electron chi connectivity index (χ4n) is 2.84. The Morgan fingerprint density at radius 2 is 1.67 bits per heavy atom. The van der Waals surface area contributed by atoms with Crippen LogP contribution in [0.1, 0.15) is 34.5 Å². The number of thiophene rings is 1. The summed E-state index contributed by atoms with van der Waals surface area (Å²) >= 11 is 0.977. The van der Waals surface area contributed by atoms with Crippen LogP contribution in [0.4, 0.5) is 18.9 Å². The number of nitrogens with zero attached hydrogens (tertiary/aromatic N) is 1. The molecule has 5 nitrogen and oxygen atoms in total. The lowest BCUT2D eigenvalue weighted by Gasteiger charge is -2.25. The van der Waals surface area contributed by atoms with Crippen molar-refractivity contribution in [2.75, 3.05) is 18.4 Å². The van der Waals surface area contributed by atoms with Crippen molar-refractivity contribution in [3.8, 4) is 0 Å². The number of hydrogen-bond donors (Lipinski definition) is 1. The smallest absolute Gasteiger partial charge is 0.321 e. The van der Waals surface area contributed by atoms with E-state index in [-0.39, 0.29) is 15.5 Å². The number of piperidine rings is 1. The minimum absolute atomic E-state index is 0.0143. The fourth-order valence-corrected chi connectivity index (χ4v) is 5.65. The summed E-state index contributed by atoms with van der Waals surface area (Å²) in [6, 6.07) is 5.36. The molecular formula is C17H17F3N2O3S2. The van der Waals surface area contributed by atoms with Crippen molar-refractivity contribution >= 4 is 33.0 Å². The Morgan fingerprint density at radius 1 is 1.04 bits per heavy atom. The summed E-state index contributed by atoms with van der Waals surface area (Å²) in [5.41, 5.74) is -0.673. The number of rotatable bonds is 4. The Labute approximate surface area is 158 Å². The molecule has 1 aliphatic heterocycles. The first kappa shape index (κ1) is 19.8. The maximum Gasteiger partial charge on any atom is 0.416 e. The van der Waals surface area contributed by atoms with E-state index in [2.05, 4.69) is 5.32 Å². The molecule has 1 aliphatic rings. The van der Waals surface area contributed by atoms with Crippen LogP contribution in [0, 0.1) is 0 Å². The van der Waals surface area contributed by atoms with E-state index in [1.807, 2.05) is 0 Å². The monoisotopic (exact) mass is 418 g/mol. The van der Waals surface area contributed by atoms with Crippen LogP contribution in [-0.4, -0.2) is 31.7 Å². The second-order valence-corrected chi connectivity index (χ2v) is 8.93. The first-order valence-corrected chi connectivity index (χ1v) is 10.6. The van der Waals surface area contributed by atoms with E-state index in [1.54, 1.807) is 0 Å². The summed E-state index contributed by atoms with van der Waals surface area (Å²) in [6.45, 7) is 0.830. The molecule has 2 aromatic rings. The average Bonchev–Trinajstić information content (AvgIpc) is 3.13.